The minimum atomic E-state index is -0.572. The van der Waals surface area contributed by atoms with Gasteiger partial charge in [0.15, 0.2) is 4.80 Å². The Morgan fingerprint density at radius 3 is 2.76 bits per heavy atom. The van der Waals surface area contributed by atoms with Gasteiger partial charge in [-0.25, -0.2) is 0 Å². The van der Waals surface area contributed by atoms with Gasteiger partial charge in [0.05, 0.1) is 30.1 Å². The molecular weight excluding hydrogens is 346 g/mol. The molecule has 2 aromatic heterocycles. The van der Waals surface area contributed by atoms with Crippen LogP contribution < -0.4 is 9.54 Å². The molecule has 0 unspecified atom stereocenters. The van der Waals surface area contributed by atoms with E-state index >= 15 is 0 Å². The fourth-order valence-electron chi connectivity index (χ4n) is 2.22. The number of benzene rings is 1. The lowest BCUT2D eigenvalue weighted by Gasteiger charge is -2.04. The van der Waals surface area contributed by atoms with Crippen molar-refractivity contribution in [2.45, 2.75) is 13.5 Å². The lowest BCUT2D eigenvalue weighted by molar-refractivity contribution is -0.141. The molecule has 0 aliphatic carbocycles. The summed E-state index contributed by atoms with van der Waals surface area (Å²) in [5, 5.41) is 3.68. The molecule has 0 radical (unpaired) electrons. The van der Waals surface area contributed by atoms with Gasteiger partial charge in [-0.3, -0.25) is 9.59 Å². The molecule has 0 aliphatic rings. The van der Waals surface area contributed by atoms with Gasteiger partial charge in [-0.2, -0.15) is 4.99 Å². The number of hydrogen-bond acceptors (Lipinski definition) is 7. The highest BCUT2D eigenvalue weighted by Gasteiger charge is 2.15. The van der Waals surface area contributed by atoms with Crippen molar-refractivity contribution in [3.8, 4) is 5.75 Å². The molecule has 0 bridgehead atoms. The molecular formula is C16H15N3O5S. The average Bonchev–Trinajstić information content (AvgIpc) is 3.18. The molecule has 0 atom stereocenters. The van der Waals surface area contributed by atoms with Crippen LogP contribution in [-0.2, 0) is 16.1 Å². The van der Waals surface area contributed by atoms with Crippen molar-refractivity contribution in [2.24, 2.45) is 4.99 Å². The fraction of sp³-hybridized carbons (Fsp3) is 0.250. The van der Waals surface area contributed by atoms with Crippen LogP contribution in [0.1, 0.15) is 16.2 Å². The number of nitrogens with zero attached hydrogens (tertiary/aromatic N) is 3. The summed E-state index contributed by atoms with van der Waals surface area (Å²) >= 11 is 1.26. The maximum Gasteiger partial charge on any atom is 0.325 e. The number of aromatic nitrogens is 2. The lowest BCUT2D eigenvalue weighted by atomic mass is 10.3. The van der Waals surface area contributed by atoms with Crippen molar-refractivity contribution in [3.05, 3.63) is 40.5 Å². The molecule has 2 heterocycles. The summed E-state index contributed by atoms with van der Waals surface area (Å²) in [6.45, 7) is 1.65. The van der Waals surface area contributed by atoms with Gasteiger partial charge in [0.25, 0.3) is 0 Å². The first-order chi connectivity index (χ1) is 12.0. The van der Waals surface area contributed by atoms with Gasteiger partial charge in [-0.05, 0) is 25.1 Å². The monoisotopic (exact) mass is 361 g/mol. The summed E-state index contributed by atoms with van der Waals surface area (Å²) < 4.78 is 17.3. The topological polar surface area (TPSA) is 95.9 Å². The Morgan fingerprint density at radius 1 is 1.32 bits per heavy atom. The van der Waals surface area contributed by atoms with Crippen molar-refractivity contribution >= 4 is 33.4 Å². The summed E-state index contributed by atoms with van der Waals surface area (Å²) in [5.74, 6) is -0.308. The molecule has 0 N–H and O–H groups in total. The van der Waals surface area contributed by atoms with Crippen LogP contribution in [-0.4, -0.2) is 35.8 Å². The number of methoxy groups -OCH3 is 2. The summed E-state index contributed by atoms with van der Waals surface area (Å²) in [6, 6.07) is 6.90. The van der Waals surface area contributed by atoms with E-state index in [1.54, 1.807) is 30.7 Å². The summed E-state index contributed by atoms with van der Waals surface area (Å²) in [4.78, 5) is 28.5. The highest BCUT2D eigenvalue weighted by atomic mass is 32.1. The van der Waals surface area contributed by atoms with Gasteiger partial charge in [0, 0.05) is 6.07 Å². The number of ether oxygens (including phenoxy) is 2. The summed E-state index contributed by atoms with van der Waals surface area (Å²) in [6.07, 6.45) is 0. The van der Waals surface area contributed by atoms with Crippen LogP contribution in [0.2, 0.25) is 0 Å². The Hall–Kier alpha value is -2.94. The van der Waals surface area contributed by atoms with Gasteiger partial charge in [-0.15, -0.1) is 0 Å². The summed E-state index contributed by atoms with van der Waals surface area (Å²) in [5.41, 5.74) is 1.33. The Morgan fingerprint density at radius 2 is 2.12 bits per heavy atom. The SMILES string of the molecule is COC(=O)Cn1c(=NC(=O)c2cc(C)no2)sc2cc(OC)ccc21. The van der Waals surface area contributed by atoms with Crippen LogP contribution in [0, 0.1) is 6.92 Å². The second kappa shape index (κ2) is 6.89. The van der Waals surface area contributed by atoms with E-state index in [-0.39, 0.29) is 12.3 Å². The zero-order valence-corrected chi connectivity index (χ0v) is 14.6. The Balaban J connectivity index is 2.14. The van der Waals surface area contributed by atoms with E-state index in [1.165, 1.54) is 24.5 Å². The highest BCUT2D eigenvalue weighted by molar-refractivity contribution is 7.16. The largest absolute Gasteiger partial charge is 0.497 e. The van der Waals surface area contributed by atoms with Gasteiger partial charge in [-0.1, -0.05) is 16.5 Å². The molecule has 3 rings (SSSR count). The van der Waals surface area contributed by atoms with Crippen molar-refractivity contribution in [3.63, 3.8) is 0 Å². The first kappa shape index (κ1) is 16.9. The molecule has 0 saturated carbocycles. The molecule has 0 spiro atoms. The maximum absolute atomic E-state index is 12.3. The normalized spacial score (nSPS) is 11.7. The number of aryl methyl sites for hydroxylation is 1. The van der Waals surface area contributed by atoms with Gasteiger partial charge >= 0.3 is 11.9 Å². The van der Waals surface area contributed by atoms with Crippen LogP contribution in [0.15, 0.2) is 33.8 Å². The number of rotatable bonds is 4. The van der Waals surface area contributed by atoms with Crippen molar-refractivity contribution in [1.29, 1.82) is 0 Å². The zero-order chi connectivity index (χ0) is 18.0. The molecule has 1 amide bonds. The van der Waals surface area contributed by atoms with Crippen LogP contribution >= 0.6 is 11.3 Å². The summed E-state index contributed by atoms with van der Waals surface area (Å²) in [7, 11) is 2.87. The highest BCUT2D eigenvalue weighted by Crippen LogP contribution is 2.23. The van der Waals surface area contributed by atoms with E-state index < -0.39 is 11.9 Å². The number of esters is 1. The van der Waals surface area contributed by atoms with E-state index in [9.17, 15) is 9.59 Å². The van der Waals surface area contributed by atoms with E-state index in [1.807, 2.05) is 6.07 Å². The number of amides is 1. The van der Waals surface area contributed by atoms with E-state index in [0.717, 1.165) is 10.2 Å². The molecule has 0 fully saturated rings. The molecule has 8 nitrogen and oxygen atoms in total. The van der Waals surface area contributed by atoms with E-state index in [0.29, 0.717) is 16.2 Å². The molecule has 130 valence electrons. The quantitative estimate of drug-likeness (QED) is 0.659. The van der Waals surface area contributed by atoms with Crippen LogP contribution in [0.5, 0.6) is 5.75 Å². The van der Waals surface area contributed by atoms with Crippen LogP contribution in [0.4, 0.5) is 0 Å². The number of hydrogen-bond donors (Lipinski definition) is 0. The Labute approximate surface area is 146 Å². The third kappa shape index (κ3) is 3.45. The minimum absolute atomic E-state index is 0.0390. The molecule has 0 saturated heterocycles. The predicted molar refractivity (Wildman–Crippen MR) is 89.5 cm³/mol. The van der Waals surface area contributed by atoms with Gasteiger partial charge < -0.3 is 18.6 Å². The molecule has 9 heteroatoms. The Bertz CT molecular complexity index is 1010. The Kier molecular flexibility index (Phi) is 4.66. The maximum atomic E-state index is 12.3. The number of fused-ring (bicyclic) bond motifs is 1. The van der Waals surface area contributed by atoms with E-state index in [4.69, 9.17) is 14.0 Å². The second-order valence-corrected chi connectivity index (χ2v) is 6.14. The van der Waals surface area contributed by atoms with Crippen molar-refractivity contribution < 1.29 is 23.6 Å². The van der Waals surface area contributed by atoms with Gasteiger partial charge in [0.1, 0.15) is 12.3 Å². The third-order valence-corrected chi connectivity index (χ3v) is 4.48. The second-order valence-electron chi connectivity index (χ2n) is 5.13. The van der Waals surface area contributed by atoms with Crippen molar-refractivity contribution in [2.75, 3.05) is 14.2 Å². The third-order valence-electron chi connectivity index (χ3n) is 3.44. The molecule has 25 heavy (non-hydrogen) atoms. The van der Waals surface area contributed by atoms with Crippen molar-refractivity contribution in [1.82, 2.24) is 9.72 Å². The number of thiazole rings is 1. The molecule has 0 aliphatic heterocycles. The number of carbonyl (C=O) groups excluding carboxylic acids is 2. The minimum Gasteiger partial charge on any atom is -0.497 e. The average molecular weight is 361 g/mol. The molecule has 1 aromatic carbocycles. The first-order valence-electron chi connectivity index (χ1n) is 7.28. The predicted octanol–water partition coefficient (Wildman–Crippen LogP) is 1.92. The molecule has 3 aromatic rings. The lowest BCUT2D eigenvalue weighted by Crippen LogP contribution is -2.22. The van der Waals surface area contributed by atoms with Gasteiger partial charge in [0.2, 0.25) is 5.76 Å². The zero-order valence-electron chi connectivity index (χ0n) is 13.8. The first-order valence-corrected chi connectivity index (χ1v) is 8.10. The van der Waals surface area contributed by atoms with E-state index in [2.05, 4.69) is 10.1 Å². The number of carbonyl (C=O) groups is 2. The van der Waals surface area contributed by atoms with Crippen LogP contribution in [0.3, 0.4) is 0 Å². The fourth-order valence-corrected chi connectivity index (χ4v) is 3.27. The standard InChI is InChI=1S/C16H15N3O5S/c1-9-6-12(24-18-9)15(21)17-16-19(8-14(20)23-3)11-5-4-10(22-2)7-13(11)25-16/h4-7H,8H2,1-3H3. The smallest absolute Gasteiger partial charge is 0.325 e. The van der Waals surface area contributed by atoms with Crippen LogP contribution in [0.25, 0.3) is 10.2 Å².